The van der Waals surface area contributed by atoms with Crippen LogP contribution in [0.4, 0.5) is 0 Å². The number of unbranched alkanes of at least 4 members (excludes halogenated alkanes) is 5. The molecule has 2 N–H and O–H groups in total. The third kappa shape index (κ3) is 7.56. The van der Waals surface area contributed by atoms with E-state index >= 15 is 0 Å². The van der Waals surface area contributed by atoms with Gasteiger partial charge in [-0.05, 0) is 25.7 Å². The summed E-state index contributed by atoms with van der Waals surface area (Å²) in [6, 6.07) is 0. The molecule has 19 heavy (non-hydrogen) atoms. The largest absolute Gasteiger partial charge is 0.411 e. The Bertz CT molecular complexity index is 241. The number of rotatable bonds is 12. The highest BCUT2D eigenvalue weighted by atomic mass is 16.4. The van der Waals surface area contributed by atoms with Gasteiger partial charge in [0.2, 0.25) is 0 Å². The summed E-state index contributed by atoms with van der Waals surface area (Å²) in [5.41, 5.74) is -0.279. The second kappa shape index (κ2) is 11.3. The average Bonchev–Trinajstić information content (AvgIpc) is 2.41. The summed E-state index contributed by atoms with van der Waals surface area (Å²) in [5.74, 6) is 0. The first kappa shape index (κ1) is 18.4. The summed E-state index contributed by atoms with van der Waals surface area (Å²) in [6.45, 7) is 6.44. The van der Waals surface area contributed by atoms with E-state index in [0.29, 0.717) is 5.71 Å². The average molecular weight is 271 g/mol. The molecule has 0 radical (unpaired) electrons. The molecule has 0 bridgehead atoms. The first-order valence-electron chi connectivity index (χ1n) is 8.08. The van der Waals surface area contributed by atoms with Crippen LogP contribution in [0.2, 0.25) is 0 Å². The van der Waals surface area contributed by atoms with E-state index in [1.165, 1.54) is 0 Å². The monoisotopic (exact) mass is 271 g/mol. The van der Waals surface area contributed by atoms with Crippen molar-refractivity contribution in [3.05, 3.63) is 0 Å². The maximum Gasteiger partial charge on any atom is 0.106 e. The number of hydrogen-bond donors (Lipinski definition) is 2. The number of nitrogens with zero attached hydrogens (tertiary/aromatic N) is 1. The molecule has 114 valence electrons. The molecule has 0 aromatic rings. The van der Waals surface area contributed by atoms with Crippen molar-refractivity contribution in [3.8, 4) is 0 Å². The van der Waals surface area contributed by atoms with Crippen LogP contribution in [0.25, 0.3) is 0 Å². The van der Waals surface area contributed by atoms with Crippen LogP contribution in [0.1, 0.15) is 91.4 Å². The molecule has 3 nitrogen and oxygen atoms in total. The molecule has 0 saturated heterocycles. The highest BCUT2D eigenvalue weighted by Gasteiger charge is 2.32. The lowest BCUT2D eigenvalue weighted by Crippen LogP contribution is -2.38. The topological polar surface area (TPSA) is 52.8 Å². The van der Waals surface area contributed by atoms with E-state index in [-0.39, 0.29) is 0 Å². The quantitative estimate of drug-likeness (QED) is 0.229. The number of aliphatic hydroxyl groups is 1. The molecule has 0 aliphatic rings. The van der Waals surface area contributed by atoms with Gasteiger partial charge in [-0.1, -0.05) is 70.9 Å². The van der Waals surface area contributed by atoms with E-state index in [0.717, 1.165) is 70.6 Å². The Morgan fingerprint density at radius 2 is 1.37 bits per heavy atom. The Morgan fingerprint density at radius 1 is 0.842 bits per heavy atom. The Labute approximate surface area is 119 Å². The summed E-state index contributed by atoms with van der Waals surface area (Å²) in [4.78, 5) is 0. The first-order chi connectivity index (χ1) is 9.14. The second-order valence-electron chi connectivity index (χ2n) is 5.60. The molecule has 0 heterocycles. The smallest absolute Gasteiger partial charge is 0.106 e. The molecule has 0 fully saturated rings. The minimum Gasteiger partial charge on any atom is -0.411 e. The van der Waals surface area contributed by atoms with Crippen molar-refractivity contribution >= 4 is 5.71 Å². The predicted octanol–water partition coefficient (Wildman–Crippen LogP) is 4.90. The summed E-state index contributed by atoms with van der Waals surface area (Å²) < 4.78 is 0. The lowest BCUT2D eigenvalue weighted by Gasteiger charge is -2.29. The minimum atomic E-state index is -0.881. The van der Waals surface area contributed by atoms with E-state index in [1.54, 1.807) is 0 Å². The highest BCUT2D eigenvalue weighted by Crippen LogP contribution is 2.26. The molecule has 0 saturated carbocycles. The van der Waals surface area contributed by atoms with Gasteiger partial charge in [-0.25, -0.2) is 0 Å². The fraction of sp³-hybridized carbons (Fsp3) is 0.938. The van der Waals surface area contributed by atoms with Crippen LogP contribution >= 0.6 is 0 Å². The lowest BCUT2D eigenvalue weighted by molar-refractivity contribution is 0.0806. The molecule has 0 aliphatic carbocycles. The highest BCUT2D eigenvalue weighted by molar-refractivity contribution is 5.91. The molecule has 0 aromatic heterocycles. The summed E-state index contributed by atoms with van der Waals surface area (Å²) in [6.07, 6.45) is 10.7. The van der Waals surface area contributed by atoms with Gasteiger partial charge < -0.3 is 10.3 Å². The molecule has 0 aliphatic heterocycles. The lowest BCUT2D eigenvalue weighted by atomic mass is 9.84. The van der Waals surface area contributed by atoms with Crippen LogP contribution in [0, 0.1) is 0 Å². The molecule has 1 atom stereocenters. The standard InChI is InChI=1S/C16H33NO2/c1-4-7-10-12-15(17-19)16(18,13-9-6-3)14-11-8-5-2/h18-19H,4-14H2,1-3H3. The van der Waals surface area contributed by atoms with Gasteiger partial charge >= 0.3 is 0 Å². The summed E-state index contributed by atoms with van der Waals surface area (Å²) in [7, 11) is 0. The predicted molar refractivity (Wildman–Crippen MR) is 82.0 cm³/mol. The van der Waals surface area contributed by atoms with Crippen LogP contribution in [-0.4, -0.2) is 21.6 Å². The Kier molecular flexibility index (Phi) is 10.9. The molecule has 0 aromatic carbocycles. The number of hydrogen-bond acceptors (Lipinski definition) is 3. The van der Waals surface area contributed by atoms with Crippen molar-refractivity contribution in [2.75, 3.05) is 0 Å². The van der Waals surface area contributed by atoms with Gasteiger partial charge in [0.25, 0.3) is 0 Å². The second-order valence-corrected chi connectivity index (χ2v) is 5.60. The van der Waals surface area contributed by atoms with Crippen molar-refractivity contribution < 1.29 is 10.3 Å². The van der Waals surface area contributed by atoms with Gasteiger partial charge in [-0.2, -0.15) is 0 Å². The van der Waals surface area contributed by atoms with Crippen LogP contribution in [-0.2, 0) is 0 Å². The van der Waals surface area contributed by atoms with Crippen LogP contribution in [0.5, 0.6) is 0 Å². The Balaban J connectivity index is 4.56. The van der Waals surface area contributed by atoms with Gasteiger partial charge in [0.1, 0.15) is 5.60 Å². The zero-order valence-corrected chi connectivity index (χ0v) is 13.1. The molecule has 1 unspecified atom stereocenters. The van der Waals surface area contributed by atoms with E-state index in [1.807, 2.05) is 0 Å². The summed E-state index contributed by atoms with van der Waals surface area (Å²) in [5, 5.41) is 23.5. The van der Waals surface area contributed by atoms with E-state index in [4.69, 9.17) is 0 Å². The van der Waals surface area contributed by atoms with Gasteiger partial charge in [-0.3, -0.25) is 0 Å². The number of oxime groups is 1. The Morgan fingerprint density at radius 3 is 1.89 bits per heavy atom. The van der Waals surface area contributed by atoms with E-state index in [2.05, 4.69) is 25.9 Å². The molecular formula is C16H33NO2. The Hall–Kier alpha value is -0.570. The summed E-state index contributed by atoms with van der Waals surface area (Å²) >= 11 is 0. The third-order valence-electron chi connectivity index (χ3n) is 3.81. The zero-order valence-electron chi connectivity index (χ0n) is 13.1. The van der Waals surface area contributed by atoms with Crippen molar-refractivity contribution in [1.29, 1.82) is 0 Å². The maximum absolute atomic E-state index is 10.8. The maximum atomic E-state index is 10.8. The minimum absolute atomic E-state index is 0.602. The van der Waals surface area contributed by atoms with Crippen LogP contribution < -0.4 is 0 Å². The SMILES string of the molecule is CCCCCC(=NO)C(O)(CCCC)CCCCC. The zero-order chi connectivity index (χ0) is 14.6. The van der Waals surface area contributed by atoms with Crippen molar-refractivity contribution in [1.82, 2.24) is 0 Å². The normalized spacial score (nSPS) is 15.5. The van der Waals surface area contributed by atoms with Gasteiger partial charge in [0.05, 0.1) is 5.71 Å². The van der Waals surface area contributed by atoms with Gasteiger partial charge in [-0.15, -0.1) is 0 Å². The van der Waals surface area contributed by atoms with Gasteiger partial charge in [0, 0.05) is 0 Å². The van der Waals surface area contributed by atoms with Crippen LogP contribution in [0.15, 0.2) is 5.16 Å². The van der Waals surface area contributed by atoms with Crippen molar-refractivity contribution in [2.24, 2.45) is 5.16 Å². The molecule has 0 amide bonds. The van der Waals surface area contributed by atoms with E-state index < -0.39 is 5.60 Å². The molecule has 0 spiro atoms. The third-order valence-corrected chi connectivity index (χ3v) is 3.81. The van der Waals surface area contributed by atoms with E-state index in [9.17, 15) is 10.3 Å². The molecular weight excluding hydrogens is 238 g/mol. The fourth-order valence-electron chi connectivity index (χ4n) is 2.47. The molecule has 0 rings (SSSR count). The van der Waals surface area contributed by atoms with Crippen LogP contribution in [0.3, 0.4) is 0 Å². The first-order valence-corrected chi connectivity index (χ1v) is 8.08. The molecule has 3 heteroatoms. The fourth-order valence-corrected chi connectivity index (χ4v) is 2.47. The van der Waals surface area contributed by atoms with Gasteiger partial charge in [0.15, 0.2) is 0 Å². The van der Waals surface area contributed by atoms with Crippen molar-refractivity contribution in [3.63, 3.8) is 0 Å². The van der Waals surface area contributed by atoms with Crippen molar-refractivity contribution in [2.45, 2.75) is 97.0 Å².